The standard InChI is InChI=1S/C15H12ClN3O2/c1-8-4-11(14(16)18-7-8)19-15(20)13-6-9-5-10(17)2-3-12(9)21-13/h2-7H,17H2,1H3,(H,19,20). The van der Waals surface area contributed by atoms with Gasteiger partial charge in [0.05, 0.1) is 5.69 Å². The summed E-state index contributed by atoms with van der Waals surface area (Å²) in [5.74, 6) is -0.202. The maximum absolute atomic E-state index is 12.2. The van der Waals surface area contributed by atoms with E-state index in [0.29, 0.717) is 17.0 Å². The monoisotopic (exact) mass is 301 g/mol. The number of aromatic nitrogens is 1. The zero-order valence-corrected chi connectivity index (χ0v) is 11.9. The molecule has 0 saturated heterocycles. The molecule has 21 heavy (non-hydrogen) atoms. The van der Waals surface area contributed by atoms with Gasteiger partial charge in [0.2, 0.25) is 0 Å². The van der Waals surface area contributed by atoms with Crippen LogP contribution in [0.1, 0.15) is 16.1 Å². The van der Waals surface area contributed by atoms with Crippen molar-refractivity contribution in [2.24, 2.45) is 0 Å². The number of benzene rings is 1. The molecule has 2 heterocycles. The van der Waals surface area contributed by atoms with Crippen molar-refractivity contribution < 1.29 is 9.21 Å². The number of carbonyl (C=O) groups is 1. The number of hydrogen-bond acceptors (Lipinski definition) is 4. The molecule has 2 aromatic heterocycles. The number of pyridine rings is 1. The van der Waals surface area contributed by atoms with Gasteiger partial charge in [0.25, 0.3) is 5.91 Å². The summed E-state index contributed by atoms with van der Waals surface area (Å²) in [4.78, 5) is 16.2. The van der Waals surface area contributed by atoms with Gasteiger partial charge in [-0.25, -0.2) is 4.98 Å². The molecule has 0 spiro atoms. The first-order chi connectivity index (χ1) is 10.0. The fraction of sp³-hybridized carbons (Fsp3) is 0.0667. The summed E-state index contributed by atoms with van der Waals surface area (Å²) in [6.45, 7) is 1.86. The Kier molecular flexibility index (Phi) is 3.27. The first-order valence-electron chi connectivity index (χ1n) is 6.25. The van der Waals surface area contributed by atoms with Gasteiger partial charge < -0.3 is 15.5 Å². The highest BCUT2D eigenvalue weighted by Gasteiger charge is 2.14. The average molecular weight is 302 g/mol. The number of fused-ring (bicyclic) bond motifs is 1. The largest absolute Gasteiger partial charge is 0.451 e. The molecule has 6 heteroatoms. The van der Waals surface area contributed by atoms with Crippen molar-refractivity contribution in [2.75, 3.05) is 11.1 Å². The minimum atomic E-state index is -0.390. The molecule has 3 rings (SSSR count). The Bertz CT molecular complexity index is 842. The molecule has 3 N–H and O–H groups in total. The zero-order valence-electron chi connectivity index (χ0n) is 11.2. The summed E-state index contributed by atoms with van der Waals surface area (Å²) < 4.78 is 5.50. The smallest absolute Gasteiger partial charge is 0.291 e. The lowest BCUT2D eigenvalue weighted by atomic mass is 10.2. The molecule has 5 nitrogen and oxygen atoms in total. The summed E-state index contributed by atoms with van der Waals surface area (Å²) in [6, 6.07) is 8.57. The van der Waals surface area contributed by atoms with Gasteiger partial charge in [-0.2, -0.15) is 0 Å². The lowest BCUT2D eigenvalue weighted by Gasteiger charge is -2.05. The van der Waals surface area contributed by atoms with Gasteiger partial charge in [-0.15, -0.1) is 0 Å². The van der Waals surface area contributed by atoms with Crippen LogP contribution in [-0.4, -0.2) is 10.9 Å². The van der Waals surface area contributed by atoms with E-state index >= 15 is 0 Å². The third kappa shape index (κ3) is 2.68. The highest BCUT2D eigenvalue weighted by Crippen LogP contribution is 2.24. The third-order valence-electron chi connectivity index (χ3n) is 2.99. The fourth-order valence-electron chi connectivity index (χ4n) is 2.00. The maximum atomic E-state index is 12.2. The van der Waals surface area contributed by atoms with Crippen LogP contribution in [0.2, 0.25) is 5.15 Å². The molecular formula is C15H12ClN3O2. The van der Waals surface area contributed by atoms with E-state index in [4.69, 9.17) is 21.8 Å². The topological polar surface area (TPSA) is 81.2 Å². The van der Waals surface area contributed by atoms with Crippen LogP contribution in [0.3, 0.4) is 0 Å². The lowest BCUT2D eigenvalue weighted by molar-refractivity contribution is 0.0998. The van der Waals surface area contributed by atoms with Crippen LogP contribution in [0, 0.1) is 6.92 Å². The van der Waals surface area contributed by atoms with Crippen molar-refractivity contribution in [2.45, 2.75) is 6.92 Å². The molecule has 0 atom stereocenters. The van der Waals surface area contributed by atoms with Gasteiger partial charge in [-0.05, 0) is 42.8 Å². The van der Waals surface area contributed by atoms with Gasteiger partial charge in [-0.3, -0.25) is 4.79 Å². The van der Waals surface area contributed by atoms with E-state index in [1.54, 1.807) is 36.5 Å². The molecule has 0 bridgehead atoms. The number of aryl methyl sites for hydroxylation is 1. The fourth-order valence-corrected chi connectivity index (χ4v) is 2.15. The van der Waals surface area contributed by atoms with Crippen molar-refractivity contribution >= 4 is 39.9 Å². The van der Waals surface area contributed by atoms with Gasteiger partial charge in [-0.1, -0.05) is 11.6 Å². The quantitative estimate of drug-likeness (QED) is 0.559. The molecule has 0 fully saturated rings. The number of rotatable bonds is 2. The minimum Gasteiger partial charge on any atom is -0.451 e. The van der Waals surface area contributed by atoms with E-state index in [2.05, 4.69) is 10.3 Å². The SMILES string of the molecule is Cc1cnc(Cl)c(NC(=O)c2cc3cc(N)ccc3o2)c1. The van der Waals surface area contributed by atoms with Crippen molar-refractivity contribution in [1.29, 1.82) is 0 Å². The molecule has 106 valence electrons. The van der Waals surface area contributed by atoms with E-state index in [0.717, 1.165) is 10.9 Å². The van der Waals surface area contributed by atoms with Crippen molar-refractivity contribution in [3.8, 4) is 0 Å². The number of nitrogens with one attached hydrogen (secondary N) is 1. The van der Waals surface area contributed by atoms with Crippen LogP contribution < -0.4 is 11.1 Å². The molecule has 0 radical (unpaired) electrons. The van der Waals surface area contributed by atoms with Crippen LogP contribution in [-0.2, 0) is 0 Å². The number of nitrogens with two attached hydrogens (primary N) is 1. The van der Waals surface area contributed by atoms with Crippen LogP contribution in [0.15, 0.2) is 40.9 Å². The highest BCUT2D eigenvalue weighted by molar-refractivity contribution is 6.32. The molecule has 0 aliphatic carbocycles. The number of furan rings is 1. The highest BCUT2D eigenvalue weighted by atomic mass is 35.5. The van der Waals surface area contributed by atoms with Crippen LogP contribution in [0.25, 0.3) is 11.0 Å². The molecule has 0 saturated carbocycles. The van der Waals surface area contributed by atoms with E-state index in [9.17, 15) is 4.79 Å². The third-order valence-corrected chi connectivity index (χ3v) is 3.29. The van der Waals surface area contributed by atoms with Crippen molar-refractivity contribution in [3.63, 3.8) is 0 Å². The molecule has 1 aromatic carbocycles. The van der Waals surface area contributed by atoms with Crippen LogP contribution in [0.4, 0.5) is 11.4 Å². The van der Waals surface area contributed by atoms with Crippen LogP contribution >= 0.6 is 11.6 Å². The van der Waals surface area contributed by atoms with Crippen LogP contribution in [0.5, 0.6) is 0 Å². The second-order valence-electron chi connectivity index (χ2n) is 4.71. The summed E-state index contributed by atoms with van der Waals surface area (Å²) in [5, 5.41) is 3.69. The molecule has 0 aliphatic heterocycles. The average Bonchev–Trinajstić information content (AvgIpc) is 2.86. The van der Waals surface area contributed by atoms with E-state index in [1.165, 1.54) is 0 Å². The van der Waals surface area contributed by atoms with E-state index in [-0.39, 0.29) is 16.8 Å². The van der Waals surface area contributed by atoms with Gasteiger partial charge >= 0.3 is 0 Å². The second kappa shape index (κ2) is 5.10. The first kappa shape index (κ1) is 13.5. The number of amides is 1. The van der Waals surface area contributed by atoms with Gasteiger partial charge in [0, 0.05) is 17.3 Å². The number of nitrogens with zero attached hydrogens (tertiary/aromatic N) is 1. The summed E-state index contributed by atoms with van der Waals surface area (Å²) in [5.41, 5.74) is 8.25. The Hall–Kier alpha value is -2.53. The summed E-state index contributed by atoms with van der Waals surface area (Å²) in [7, 11) is 0. The Balaban J connectivity index is 1.91. The molecule has 0 aliphatic rings. The molecule has 1 amide bonds. The molecular weight excluding hydrogens is 290 g/mol. The first-order valence-corrected chi connectivity index (χ1v) is 6.63. The Morgan fingerprint density at radius 2 is 2.14 bits per heavy atom. The Morgan fingerprint density at radius 1 is 1.33 bits per heavy atom. The Labute approximate surface area is 125 Å². The van der Waals surface area contributed by atoms with E-state index in [1.807, 2.05) is 6.92 Å². The predicted molar refractivity (Wildman–Crippen MR) is 82.6 cm³/mol. The second-order valence-corrected chi connectivity index (χ2v) is 5.07. The van der Waals surface area contributed by atoms with Crippen molar-refractivity contribution in [3.05, 3.63) is 53.0 Å². The summed E-state index contributed by atoms with van der Waals surface area (Å²) in [6.07, 6.45) is 1.63. The van der Waals surface area contributed by atoms with Gasteiger partial charge in [0.15, 0.2) is 10.9 Å². The maximum Gasteiger partial charge on any atom is 0.291 e. The number of anilines is 2. The zero-order chi connectivity index (χ0) is 15.0. The Morgan fingerprint density at radius 3 is 2.95 bits per heavy atom. The number of halogens is 1. The molecule has 3 aromatic rings. The lowest BCUT2D eigenvalue weighted by Crippen LogP contribution is -2.11. The number of carbonyl (C=O) groups excluding carboxylic acids is 1. The normalized spacial score (nSPS) is 10.8. The molecule has 0 unspecified atom stereocenters. The number of nitrogen functional groups attached to an aromatic ring is 1. The predicted octanol–water partition coefficient (Wildman–Crippen LogP) is 3.62. The van der Waals surface area contributed by atoms with Crippen molar-refractivity contribution in [1.82, 2.24) is 4.98 Å². The van der Waals surface area contributed by atoms with Gasteiger partial charge in [0.1, 0.15) is 5.58 Å². The number of hydrogen-bond donors (Lipinski definition) is 2. The minimum absolute atomic E-state index is 0.188. The summed E-state index contributed by atoms with van der Waals surface area (Å²) >= 11 is 5.95. The van der Waals surface area contributed by atoms with E-state index < -0.39 is 0 Å².